The average molecular weight is 261 g/mol. The Kier molecular flexibility index (Phi) is 4.09. The number of carbonyl (C=O) groups is 1. The zero-order valence-corrected chi connectivity index (χ0v) is 10.3. The fraction of sp³-hybridized carbons (Fsp3) is 0.250. The van der Waals surface area contributed by atoms with Crippen molar-refractivity contribution in [1.82, 2.24) is 15.1 Å². The molecule has 2 aromatic heterocycles. The van der Waals surface area contributed by atoms with Gasteiger partial charge in [0.05, 0.1) is 12.1 Å². The van der Waals surface area contributed by atoms with Crippen molar-refractivity contribution in [3.63, 3.8) is 0 Å². The van der Waals surface area contributed by atoms with Gasteiger partial charge in [0.2, 0.25) is 0 Å². The van der Waals surface area contributed by atoms with Gasteiger partial charge in [-0.3, -0.25) is 0 Å². The first kappa shape index (κ1) is 13.0. The van der Waals surface area contributed by atoms with Crippen LogP contribution in [0.15, 0.2) is 37.1 Å². The van der Waals surface area contributed by atoms with E-state index in [0.717, 1.165) is 11.3 Å². The van der Waals surface area contributed by atoms with Gasteiger partial charge in [-0.2, -0.15) is 0 Å². The highest BCUT2D eigenvalue weighted by Crippen LogP contribution is 2.11. The third kappa shape index (κ3) is 3.52. The Balaban J connectivity index is 2.01. The smallest absolute Gasteiger partial charge is 0.362 e. The quantitative estimate of drug-likeness (QED) is 0.665. The van der Waals surface area contributed by atoms with E-state index in [4.69, 9.17) is 5.11 Å². The normalized spacial score (nSPS) is 12.1. The Labute approximate surface area is 109 Å². The van der Waals surface area contributed by atoms with Crippen molar-refractivity contribution in [2.45, 2.75) is 19.0 Å². The Morgan fingerprint density at radius 3 is 2.89 bits per heavy atom. The average Bonchev–Trinajstić information content (AvgIpc) is 2.46. The maximum Gasteiger partial charge on any atom is 0.362 e. The van der Waals surface area contributed by atoms with Crippen molar-refractivity contribution in [2.24, 2.45) is 0 Å². The largest absolute Gasteiger partial charge is 0.477 e. The molecule has 0 aliphatic carbocycles. The van der Waals surface area contributed by atoms with Gasteiger partial charge in [-0.1, -0.05) is 4.68 Å². The number of aromatic nitrogens is 4. The minimum atomic E-state index is -0.891. The van der Waals surface area contributed by atoms with E-state index in [0.29, 0.717) is 13.0 Å². The number of aliphatic carboxylic acids is 1. The molecule has 7 nitrogen and oxygen atoms in total. The molecular formula is C12H15N5O2+2. The van der Waals surface area contributed by atoms with Crippen LogP contribution in [0.5, 0.6) is 0 Å². The van der Waals surface area contributed by atoms with E-state index in [-0.39, 0.29) is 0 Å². The lowest BCUT2D eigenvalue weighted by atomic mass is 10.2. The van der Waals surface area contributed by atoms with Crippen LogP contribution in [-0.2, 0) is 11.3 Å². The minimum absolute atomic E-state index is 0.444. The molecule has 2 rings (SSSR count). The zero-order chi connectivity index (χ0) is 13.7. The Morgan fingerprint density at radius 1 is 1.47 bits per heavy atom. The fourth-order valence-corrected chi connectivity index (χ4v) is 1.54. The summed E-state index contributed by atoms with van der Waals surface area (Å²) in [6, 6.07) is 3.07. The van der Waals surface area contributed by atoms with Crippen molar-refractivity contribution in [1.29, 1.82) is 0 Å². The number of nitrogens with zero attached hydrogens (tertiary/aromatic N) is 4. The van der Waals surface area contributed by atoms with Gasteiger partial charge < -0.3 is 10.8 Å². The second-order valence-corrected chi connectivity index (χ2v) is 4.10. The summed E-state index contributed by atoms with van der Waals surface area (Å²) in [5.74, 6) is -0.891. The van der Waals surface area contributed by atoms with Crippen molar-refractivity contribution in [3.05, 3.63) is 37.1 Å². The molecule has 0 aliphatic rings. The number of carboxylic acids is 1. The lowest BCUT2D eigenvalue weighted by Gasteiger charge is -2.00. The highest BCUT2D eigenvalue weighted by Gasteiger charge is 2.18. The molecule has 0 saturated heterocycles. The molecule has 4 N–H and O–H groups in total. The van der Waals surface area contributed by atoms with E-state index in [9.17, 15) is 4.79 Å². The van der Waals surface area contributed by atoms with Crippen LogP contribution in [0.25, 0.3) is 11.3 Å². The Bertz CT molecular complexity index is 544. The number of quaternary nitrogens is 1. The monoisotopic (exact) mass is 261 g/mol. The maximum absolute atomic E-state index is 10.7. The van der Waals surface area contributed by atoms with Gasteiger partial charge in [-0.25, -0.2) is 14.8 Å². The molecule has 1 unspecified atom stereocenters. The van der Waals surface area contributed by atoms with Crippen LogP contribution in [0.4, 0.5) is 0 Å². The van der Waals surface area contributed by atoms with Crippen LogP contribution in [0.3, 0.4) is 0 Å². The molecular weight excluding hydrogens is 246 g/mol. The predicted molar refractivity (Wildman–Crippen MR) is 64.4 cm³/mol. The molecule has 0 radical (unpaired) electrons. The lowest BCUT2D eigenvalue weighted by molar-refractivity contribution is -0.756. The summed E-state index contributed by atoms with van der Waals surface area (Å²) in [6.45, 7) is 0.518. The van der Waals surface area contributed by atoms with Gasteiger partial charge >= 0.3 is 5.97 Å². The van der Waals surface area contributed by atoms with Gasteiger partial charge in [-0.15, -0.1) is 0 Å². The molecule has 0 spiro atoms. The van der Waals surface area contributed by atoms with Crippen molar-refractivity contribution >= 4 is 5.97 Å². The van der Waals surface area contributed by atoms with Gasteiger partial charge in [0.1, 0.15) is 12.5 Å². The number of rotatable bonds is 5. The second-order valence-electron chi connectivity index (χ2n) is 4.10. The number of hydrogen-bond acceptors (Lipinski definition) is 4. The van der Waals surface area contributed by atoms with Gasteiger partial charge in [0.25, 0.3) is 0 Å². The summed E-state index contributed by atoms with van der Waals surface area (Å²) in [4.78, 5) is 18.6. The topological polar surface area (TPSA) is 107 Å². The molecule has 1 atom stereocenters. The summed E-state index contributed by atoms with van der Waals surface area (Å²) < 4.78 is 1.69. The Hall–Kier alpha value is -2.41. The van der Waals surface area contributed by atoms with Crippen molar-refractivity contribution < 1.29 is 20.3 Å². The van der Waals surface area contributed by atoms with Crippen LogP contribution in [0.1, 0.15) is 6.42 Å². The number of aryl methyl sites for hydroxylation is 1. The first-order valence-corrected chi connectivity index (χ1v) is 5.85. The molecule has 0 saturated carbocycles. The maximum atomic E-state index is 10.7. The minimum Gasteiger partial charge on any atom is -0.477 e. The van der Waals surface area contributed by atoms with E-state index in [1.807, 2.05) is 6.07 Å². The third-order valence-electron chi connectivity index (χ3n) is 2.70. The molecule has 98 valence electrons. The summed E-state index contributed by atoms with van der Waals surface area (Å²) in [5.41, 5.74) is 5.25. The summed E-state index contributed by atoms with van der Waals surface area (Å²) in [6.07, 6.45) is 7.09. The molecule has 7 heteroatoms. The molecule has 0 bridgehead atoms. The summed E-state index contributed by atoms with van der Waals surface area (Å²) in [5, 5.41) is 13.0. The zero-order valence-electron chi connectivity index (χ0n) is 10.3. The predicted octanol–water partition coefficient (Wildman–Crippen LogP) is -1.09. The van der Waals surface area contributed by atoms with E-state index in [1.165, 1.54) is 6.33 Å². The highest BCUT2D eigenvalue weighted by atomic mass is 16.4. The van der Waals surface area contributed by atoms with Crippen LogP contribution >= 0.6 is 0 Å². The van der Waals surface area contributed by atoms with Gasteiger partial charge in [0.15, 0.2) is 18.8 Å². The van der Waals surface area contributed by atoms with E-state index in [1.54, 1.807) is 29.3 Å². The molecule has 0 aliphatic heterocycles. The molecule has 0 aromatic carbocycles. The first-order chi connectivity index (χ1) is 9.16. The van der Waals surface area contributed by atoms with Crippen molar-refractivity contribution in [2.75, 3.05) is 0 Å². The second kappa shape index (κ2) is 5.96. The van der Waals surface area contributed by atoms with Crippen LogP contribution in [-0.4, -0.2) is 32.2 Å². The molecule has 0 amide bonds. The number of hydrogen-bond donors (Lipinski definition) is 2. The van der Waals surface area contributed by atoms with E-state index in [2.05, 4.69) is 20.8 Å². The first-order valence-electron chi connectivity index (χ1n) is 5.85. The fourth-order valence-electron chi connectivity index (χ4n) is 1.54. The molecule has 2 heterocycles. The molecule has 0 fully saturated rings. The van der Waals surface area contributed by atoms with Crippen LogP contribution in [0.2, 0.25) is 0 Å². The Morgan fingerprint density at radius 2 is 2.32 bits per heavy atom. The SMILES string of the molecule is [NH3+]C(CC[n+]1ccc(-c2ccncn2)cn1)C(=O)O. The van der Waals surface area contributed by atoms with Gasteiger partial charge in [-0.05, 0) is 11.2 Å². The van der Waals surface area contributed by atoms with Crippen LogP contribution in [0, 0.1) is 0 Å². The van der Waals surface area contributed by atoms with Crippen molar-refractivity contribution in [3.8, 4) is 11.3 Å². The van der Waals surface area contributed by atoms with E-state index < -0.39 is 12.0 Å². The standard InChI is InChI=1S/C12H13N5O2/c13-10(12(18)19)3-6-17-5-2-9(7-16-17)11-1-4-14-8-15-11/h1-2,4-5,7-8,10H,3,6,13H2/p+2. The lowest BCUT2D eigenvalue weighted by Crippen LogP contribution is -2.66. The van der Waals surface area contributed by atoms with Gasteiger partial charge in [0, 0.05) is 17.8 Å². The summed E-state index contributed by atoms with van der Waals surface area (Å²) in [7, 11) is 0. The molecule has 2 aromatic rings. The van der Waals surface area contributed by atoms with Crippen LogP contribution < -0.4 is 10.4 Å². The number of carboxylic acid groups (broad SMARTS) is 1. The highest BCUT2D eigenvalue weighted by molar-refractivity contribution is 5.71. The molecule has 19 heavy (non-hydrogen) atoms. The third-order valence-corrected chi connectivity index (χ3v) is 2.70. The summed E-state index contributed by atoms with van der Waals surface area (Å²) >= 11 is 0. The van der Waals surface area contributed by atoms with E-state index >= 15 is 0 Å².